The highest BCUT2D eigenvalue weighted by molar-refractivity contribution is 5.97. The van der Waals surface area contributed by atoms with Gasteiger partial charge < -0.3 is 10.4 Å². The third kappa shape index (κ3) is 2.91. The Kier molecular flexibility index (Phi) is 3.88. The molecule has 0 aliphatic carbocycles. The summed E-state index contributed by atoms with van der Waals surface area (Å²) in [5.74, 6) is -1.10. The van der Waals surface area contributed by atoms with Crippen LogP contribution >= 0.6 is 0 Å². The average Bonchev–Trinajstić information content (AvgIpc) is 2.84. The number of rotatable bonds is 3. The number of nitrogens with zero attached hydrogens (tertiary/aromatic N) is 4. The lowest BCUT2D eigenvalue weighted by atomic mass is 10.1. The van der Waals surface area contributed by atoms with Gasteiger partial charge in [0.15, 0.2) is 5.82 Å². The largest absolute Gasteiger partial charge is 0.426 e. The van der Waals surface area contributed by atoms with Crippen molar-refractivity contribution < 1.29 is 23.1 Å². The van der Waals surface area contributed by atoms with Crippen molar-refractivity contribution in [2.75, 3.05) is 5.32 Å². The molecule has 0 aliphatic heterocycles. The van der Waals surface area contributed by atoms with E-state index in [0.717, 1.165) is 0 Å². The second-order valence-corrected chi connectivity index (χ2v) is 4.73. The maximum Gasteiger partial charge on any atom is 0.426 e. The van der Waals surface area contributed by atoms with Crippen LogP contribution in [0.3, 0.4) is 0 Å². The summed E-state index contributed by atoms with van der Waals surface area (Å²) in [7, 11) is 1.63. The summed E-state index contributed by atoms with van der Waals surface area (Å²) in [6, 6.07) is 5.83. The molecule has 1 amide bonds. The molecule has 1 atom stereocenters. The predicted octanol–water partition coefficient (Wildman–Crippen LogP) is 1.13. The van der Waals surface area contributed by atoms with Crippen LogP contribution in [0.2, 0.25) is 0 Å². The van der Waals surface area contributed by atoms with Crippen LogP contribution in [0.4, 0.5) is 18.9 Å². The molecule has 1 aromatic carbocycles. The van der Waals surface area contributed by atoms with E-state index in [1.807, 2.05) is 5.32 Å². The van der Waals surface area contributed by atoms with E-state index in [4.69, 9.17) is 0 Å². The Balaban J connectivity index is 2.16. The highest BCUT2D eigenvalue weighted by Gasteiger charge is 2.55. The van der Waals surface area contributed by atoms with Crippen molar-refractivity contribution in [3.63, 3.8) is 0 Å². The van der Waals surface area contributed by atoms with E-state index in [1.54, 1.807) is 7.05 Å². The number of hydrogen-bond acceptors (Lipinski definition) is 5. The Bertz CT molecular complexity index is 679. The number of halogens is 3. The minimum atomic E-state index is -5.07. The van der Waals surface area contributed by atoms with Gasteiger partial charge in [-0.05, 0) is 41.6 Å². The lowest BCUT2D eigenvalue weighted by molar-refractivity contribution is -0.242. The summed E-state index contributed by atoms with van der Waals surface area (Å²) in [5.41, 5.74) is -2.75. The van der Waals surface area contributed by atoms with Crippen LogP contribution in [0, 0.1) is 0 Å². The van der Waals surface area contributed by atoms with Gasteiger partial charge in [0.2, 0.25) is 5.60 Å². The number of tetrazole rings is 1. The van der Waals surface area contributed by atoms with E-state index in [2.05, 4.69) is 15.5 Å². The van der Waals surface area contributed by atoms with Gasteiger partial charge in [0, 0.05) is 18.3 Å². The summed E-state index contributed by atoms with van der Waals surface area (Å²) < 4.78 is 39.1. The van der Waals surface area contributed by atoms with E-state index in [9.17, 15) is 23.1 Å². The van der Waals surface area contributed by atoms with Gasteiger partial charge in [-0.15, -0.1) is 5.10 Å². The van der Waals surface area contributed by atoms with Crippen LogP contribution in [0.1, 0.15) is 6.92 Å². The number of carbonyl (C=O) groups is 1. The van der Waals surface area contributed by atoms with Crippen molar-refractivity contribution in [2.24, 2.45) is 7.05 Å². The number of aryl methyl sites for hydroxylation is 1. The predicted molar refractivity (Wildman–Crippen MR) is 69.5 cm³/mol. The Labute approximate surface area is 122 Å². The summed E-state index contributed by atoms with van der Waals surface area (Å²) in [6.45, 7) is 0.391. The molecule has 1 heterocycles. The number of nitrogens with one attached hydrogen (secondary N) is 1. The van der Waals surface area contributed by atoms with E-state index >= 15 is 0 Å². The zero-order valence-electron chi connectivity index (χ0n) is 11.6. The van der Waals surface area contributed by atoms with Gasteiger partial charge >= 0.3 is 6.18 Å². The zero-order valence-corrected chi connectivity index (χ0v) is 11.6. The Morgan fingerprint density at radius 1 is 1.27 bits per heavy atom. The fraction of sp³-hybridized carbons (Fsp3) is 0.333. The standard InChI is InChI=1S/C12H12F3N5O2/c1-11(22,12(13,14)15)10(21)16-8-5-3-7(4-6-8)9-17-18-19-20(9)2/h3-6,22H,1-2H3,(H,16,21). The number of alkyl halides is 3. The fourth-order valence-electron chi connectivity index (χ4n) is 1.56. The van der Waals surface area contributed by atoms with Crippen molar-refractivity contribution in [3.8, 4) is 11.4 Å². The van der Waals surface area contributed by atoms with Crippen LogP contribution in [0.5, 0.6) is 0 Å². The van der Waals surface area contributed by atoms with Gasteiger partial charge in [0.05, 0.1) is 0 Å². The number of hydrogen-bond donors (Lipinski definition) is 2. The lowest BCUT2D eigenvalue weighted by Gasteiger charge is -2.24. The first-order valence-electron chi connectivity index (χ1n) is 6.06. The third-order valence-electron chi connectivity index (χ3n) is 3.02. The summed E-state index contributed by atoms with van der Waals surface area (Å²) >= 11 is 0. The van der Waals surface area contributed by atoms with E-state index in [0.29, 0.717) is 18.3 Å². The first kappa shape index (κ1) is 15.9. The van der Waals surface area contributed by atoms with Gasteiger partial charge in [0.1, 0.15) is 0 Å². The Morgan fingerprint density at radius 2 is 1.86 bits per heavy atom. The van der Waals surface area contributed by atoms with E-state index in [1.165, 1.54) is 28.9 Å². The quantitative estimate of drug-likeness (QED) is 0.885. The molecule has 22 heavy (non-hydrogen) atoms. The summed E-state index contributed by atoms with van der Waals surface area (Å²) in [4.78, 5) is 11.5. The maximum absolute atomic E-state index is 12.5. The van der Waals surface area contributed by atoms with Gasteiger partial charge in [0.25, 0.3) is 5.91 Å². The van der Waals surface area contributed by atoms with Gasteiger partial charge in [-0.3, -0.25) is 4.79 Å². The molecule has 2 aromatic rings. The van der Waals surface area contributed by atoms with Crippen LogP contribution in [0.15, 0.2) is 24.3 Å². The molecule has 0 fully saturated rings. The molecule has 118 valence electrons. The summed E-state index contributed by atoms with van der Waals surface area (Å²) in [6.07, 6.45) is -5.07. The Morgan fingerprint density at radius 3 is 2.32 bits per heavy atom. The number of benzene rings is 1. The van der Waals surface area contributed by atoms with Crippen molar-refractivity contribution in [2.45, 2.75) is 18.7 Å². The van der Waals surface area contributed by atoms with E-state index < -0.39 is 17.7 Å². The second-order valence-electron chi connectivity index (χ2n) is 4.73. The number of amides is 1. The van der Waals surface area contributed by atoms with E-state index in [-0.39, 0.29) is 5.69 Å². The third-order valence-corrected chi connectivity index (χ3v) is 3.02. The molecule has 10 heteroatoms. The minimum absolute atomic E-state index is 0.105. The molecular weight excluding hydrogens is 303 g/mol. The topological polar surface area (TPSA) is 92.9 Å². The zero-order chi connectivity index (χ0) is 16.5. The normalized spacial score (nSPS) is 14.5. The molecule has 2 N–H and O–H groups in total. The molecule has 0 radical (unpaired) electrons. The number of aliphatic hydroxyl groups is 1. The molecule has 0 saturated carbocycles. The van der Waals surface area contributed by atoms with Crippen LogP contribution < -0.4 is 5.32 Å². The first-order chi connectivity index (χ1) is 10.1. The number of anilines is 1. The van der Waals surface area contributed by atoms with Gasteiger partial charge in [-0.25, -0.2) is 4.68 Å². The molecule has 0 aliphatic rings. The maximum atomic E-state index is 12.5. The molecule has 0 saturated heterocycles. The molecular formula is C12H12F3N5O2. The van der Waals surface area contributed by atoms with Crippen LogP contribution in [-0.2, 0) is 11.8 Å². The van der Waals surface area contributed by atoms with Crippen molar-refractivity contribution in [1.29, 1.82) is 0 Å². The minimum Gasteiger partial charge on any atom is -0.373 e. The molecule has 0 spiro atoms. The smallest absolute Gasteiger partial charge is 0.373 e. The van der Waals surface area contributed by atoms with Gasteiger partial charge in [-0.2, -0.15) is 13.2 Å². The number of aromatic nitrogens is 4. The fourth-order valence-corrected chi connectivity index (χ4v) is 1.56. The molecule has 0 bridgehead atoms. The molecule has 1 aromatic heterocycles. The van der Waals surface area contributed by atoms with Crippen molar-refractivity contribution >= 4 is 11.6 Å². The highest BCUT2D eigenvalue weighted by atomic mass is 19.4. The van der Waals surface area contributed by atoms with Crippen LogP contribution in [0.25, 0.3) is 11.4 Å². The molecule has 1 unspecified atom stereocenters. The number of carbonyl (C=O) groups excluding carboxylic acids is 1. The highest BCUT2D eigenvalue weighted by Crippen LogP contribution is 2.31. The second kappa shape index (κ2) is 5.37. The molecule has 7 nitrogen and oxygen atoms in total. The first-order valence-corrected chi connectivity index (χ1v) is 6.06. The lowest BCUT2D eigenvalue weighted by Crippen LogP contribution is -2.52. The van der Waals surface area contributed by atoms with Crippen molar-refractivity contribution in [3.05, 3.63) is 24.3 Å². The average molecular weight is 315 g/mol. The molecule has 2 rings (SSSR count). The summed E-state index contributed by atoms with van der Waals surface area (Å²) in [5, 5.41) is 22.2. The van der Waals surface area contributed by atoms with Crippen LogP contribution in [-0.4, -0.2) is 43.0 Å². The Hall–Kier alpha value is -2.49. The SMILES string of the molecule is Cn1nnnc1-c1ccc(NC(=O)C(C)(O)C(F)(F)F)cc1. The van der Waals surface area contributed by atoms with Gasteiger partial charge in [-0.1, -0.05) is 0 Å². The monoisotopic (exact) mass is 315 g/mol. The van der Waals surface area contributed by atoms with Crippen molar-refractivity contribution in [1.82, 2.24) is 20.2 Å².